The average Bonchev–Trinajstić information content (AvgIpc) is 2.71. The van der Waals surface area contributed by atoms with Gasteiger partial charge in [-0.15, -0.1) is 0 Å². The quantitative estimate of drug-likeness (QED) is 0.807. The summed E-state index contributed by atoms with van der Waals surface area (Å²) in [5.74, 6) is 0.917. The molecule has 0 aliphatic carbocycles. The molecule has 0 saturated carbocycles. The molecule has 5 heteroatoms. The van der Waals surface area contributed by atoms with E-state index in [4.69, 9.17) is 22.1 Å². The van der Waals surface area contributed by atoms with Crippen LogP contribution in [-0.4, -0.2) is 35.7 Å². The number of nitrogens with zero attached hydrogens (tertiary/aromatic N) is 1. The summed E-state index contributed by atoms with van der Waals surface area (Å²) in [7, 11) is 0. The number of nitrogens with two attached hydrogens (primary N) is 1. The summed E-state index contributed by atoms with van der Waals surface area (Å²) in [6.07, 6.45) is 2.99. The Balaban J connectivity index is 1.41. The second-order valence-electron chi connectivity index (χ2n) is 8.15. The fourth-order valence-corrected chi connectivity index (χ4v) is 4.87. The molecular formula is C23H29ClN2O2. The third kappa shape index (κ3) is 4.06. The van der Waals surface area contributed by atoms with Crippen molar-refractivity contribution in [2.24, 2.45) is 11.7 Å². The van der Waals surface area contributed by atoms with E-state index in [0.29, 0.717) is 18.2 Å². The minimum absolute atomic E-state index is 0.121. The van der Waals surface area contributed by atoms with Crippen molar-refractivity contribution in [2.45, 2.75) is 44.9 Å². The summed E-state index contributed by atoms with van der Waals surface area (Å²) >= 11 is 6.11. The molecule has 28 heavy (non-hydrogen) atoms. The number of fused-ring (bicyclic) bond motifs is 1. The minimum Gasteiger partial charge on any atom is -0.507 e. The molecule has 2 heterocycles. The number of phenols is 1. The van der Waals surface area contributed by atoms with E-state index in [0.717, 1.165) is 60.6 Å². The maximum absolute atomic E-state index is 10.6. The van der Waals surface area contributed by atoms with Gasteiger partial charge in [0.1, 0.15) is 5.75 Å². The van der Waals surface area contributed by atoms with Crippen molar-refractivity contribution in [3.8, 4) is 5.75 Å². The normalized spacial score (nSPS) is 23.5. The molecule has 2 aromatic rings. The molecule has 2 aromatic carbocycles. The van der Waals surface area contributed by atoms with Gasteiger partial charge in [-0.2, -0.15) is 0 Å². The fraction of sp³-hybridized carbons (Fsp3) is 0.478. The van der Waals surface area contributed by atoms with Crippen LogP contribution >= 0.6 is 11.6 Å². The standard InChI is InChI=1S/C23H29ClN2O2/c1-15-5-6-19-20(23(15)27)12-21(28-22(19)13-25)17-7-9-26(10-8-17)14-16-3-2-4-18(24)11-16/h2-6,11,17,21-22,27H,7-10,12-14,25H2,1H3/t21-,22-/m0/s1. The highest BCUT2D eigenvalue weighted by atomic mass is 35.5. The number of hydrogen-bond donors (Lipinski definition) is 2. The van der Waals surface area contributed by atoms with Gasteiger partial charge in [0.25, 0.3) is 0 Å². The number of benzene rings is 2. The molecule has 1 saturated heterocycles. The Hall–Kier alpha value is -1.59. The Morgan fingerprint density at radius 1 is 1.21 bits per heavy atom. The van der Waals surface area contributed by atoms with E-state index in [1.807, 2.05) is 31.2 Å². The largest absolute Gasteiger partial charge is 0.507 e. The van der Waals surface area contributed by atoms with Crippen molar-refractivity contribution < 1.29 is 9.84 Å². The number of aromatic hydroxyl groups is 1. The lowest BCUT2D eigenvalue weighted by atomic mass is 9.83. The van der Waals surface area contributed by atoms with Gasteiger partial charge < -0.3 is 15.6 Å². The molecule has 0 spiro atoms. The molecule has 0 unspecified atom stereocenters. The lowest BCUT2D eigenvalue weighted by Crippen LogP contribution is -2.41. The van der Waals surface area contributed by atoms with Crippen LogP contribution in [0.5, 0.6) is 5.75 Å². The second kappa shape index (κ2) is 8.42. The van der Waals surface area contributed by atoms with E-state index >= 15 is 0 Å². The summed E-state index contributed by atoms with van der Waals surface area (Å²) in [5, 5.41) is 11.4. The highest BCUT2D eigenvalue weighted by Crippen LogP contribution is 2.40. The van der Waals surface area contributed by atoms with Crippen LogP contribution in [0.25, 0.3) is 0 Å². The van der Waals surface area contributed by atoms with Crippen molar-refractivity contribution in [2.75, 3.05) is 19.6 Å². The Labute approximate surface area is 172 Å². The van der Waals surface area contributed by atoms with E-state index in [1.165, 1.54) is 5.56 Å². The molecule has 0 amide bonds. The number of halogens is 1. The van der Waals surface area contributed by atoms with E-state index < -0.39 is 0 Å². The molecule has 1 fully saturated rings. The van der Waals surface area contributed by atoms with Crippen LogP contribution in [0.4, 0.5) is 0 Å². The number of likely N-dealkylation sites (tertiary alicyclic amines) is 1. The van der Waals surface area contributed by atoms with Crippen LogP contribution < -0.4 is 5.73 Å². The lowest BCUT2D eigenvalue weighted by molar-refractivity contribution is -0.0651. The van der Waals surface area contributed by atoms with E-state index in [-0.39, 0.29) is 12.2 Å². The molecule has 0 aromatic heterocycles. The van der Waals surface area contributed by atoms with Crippen LogP contribution in [0.3, 0.4) is 0 Å². The molecule has 0 bridgehead atoms. The van der Waals surface area contributed by atoms with Crippen molar-refractivity contribution in [1.82, 2.24) is 4.90 Å². The maximum atomic E-state index is 10.6. The summed E-state index contributed by atoms with van der Waals surface area (Å²) < 4.78 is 6.39. The SMILES string of the molecule is Cc1ccc2c(c1O)C[C@@H](C1CCN(Cc3cccc(Cl)c3)CC1)O[C@H]2CN. The molecule has 0 radical (unpaired) electrons. The summed E-state index contributed by atoms with van der Waals surface area (Å²) in [6.45, 7) is 5.44. The van der Waals surface area contributed by atoms with Gasteiger partial charge in [-0.05, 0) is 67.6 Å². The van der Waals surface area contributed by atoms with E-state index in [9.17, 15) is 5.11 Å². The maximum Gasteiger partial charge on any atom is 0.122 e. The van der Waals surface area contributed by atoms with Crippen LogP contribution in [0.1, 0.15) is 41.2 Å². The van der Waals surface area contributed by atoms with Gasteiger partial charge in [-0.1, -0.05) is 35.9 Å². The van der Waals surface area contributed by atoms with Gasteiger partial charge in [0.2, 0.25) is 0 Å². The van der Waals surface area contributed by atoms with Crippen molar-refractivity contribution >= 4 is 11.6 Å². The van der Waals surface area contributed by atoms with Gasteiger partial charge in [-0.25, -0.2) is 0 Å². The molecule has 2 atom stereocenters. The van der Waals surface area contributed by atoms with Crippen molar-refractivity contribution in [3.63, 3.8) is 0 Å². The first kappa shape index (κ1) is 19.7. The number of phenolic OH excluding ortho intramolecular Hbond substituents is 1. The molecule has 4 rings (SSSR count). The number of rotatable bonds is 4. The summed E-state index contributed by atoms with van der Waals surface area (Å²) in [6, 6.07) is 12.1. The van der Waals surface area contributed by atoms with Crippen molar-refractivity contribution in [1.29, 1.82) is 0 Å². The van der Waals surface area contributed by atoms with E-state index in [1.54, 1.807) is 0 Å². The van der Waals surface area contributed by atoms with Gasteiger partial charge in [0.15, 0.2) is 0 Å². The van der Waals surface area contributed by atoms with Crippen molar-refractivity contribution in [3.05, 3.63) is 63.7 Å². The molecular weight excluding hydrogens is 372 g/mol. The van der Waals surface area contributed by atoms with Gasteiger partial charge in [0, 0.05) is 30.1 Å². The molecule has 4 nitrogen and oxygen atoms in total. The van der Waals surface area contributed by atoms with Crippen LogP contribution in [0, 0.1) is 12.8 Å². The highest BCUT2D eigenvalue weighted by Gasteiger charge is 2.35. The second-order valence-corrected chi connectivity index (χ2v) is 8.58. The average molecular weight is 401 g/mol. The van der Waals surface area contributed by atoms with Crippen LogP contribution in [0.2, 0.25) is 5.02 Å². The van der Waals surface area contributed by atoms with Crippen LogP contribution in [-0.2, 0) is 17.7 Å². The Morgan fingerprint density at radius 3 is 2.71 bits per heavy atom. The summed E-state index contributed by atoms with van der Waals surface area (Å²) in [5.41, 5.74) is 10.3. The van der Waals surface area contributed by atoms with Gasteiger partial charge in [-0.3, -0.25) is 4.90 Å². The Bertz CT molecular complexity index is 833. The van der Waals surface area contributed by atoms with Gasteiger partial charge in [0.05, 0.1) is 12.2 Å². The molecule has 3 N–H and O–H groups in total. The summed E-state index contributed by atoms with van der Waals surface area (Å²) in [4.78, 5) is 2.49. The number of ether oxygens (including phenoxy) is 1. The zero-order valence-electron chi connectivity index (χ0n) is 16.4. The predicted molar refractivity (Wildman–Crippen MR) is 113 cm³/mol. The number of aryl methyl sites for hydroxylation is 1. The fourth-order valence-electron chi connectivity index (χ4n) is 4.66. The number of piperidine rings is 1. The Morgan fingerprint density at radius 2 is 2.00 bits per heavy atom. The lowest BCUT2D eigenvalue weighted by Gasteiger charge is -2.40. The third-order valence-corrected chi connectivity index (χ3v) is 6.51. The molecule has 2 aliphatic rings. The topological polar surface area (TPSA) is 58.7 Å². The monoisotopic (exact) mass is 400 g/mol. The Kier molecular flexibility index (Phi) is 5.93. The number of hydrogen-bond acceptors (Lipinski definition) is 4. The van der Waals surface area contributed by atoms with Crippen LogP contribution in [0.15, 0.2) is 36.4 Å². The minimum atomic E-state index is -0.121. The zero-order valence-corrected chi connectivity index (χ0v) is 17.2. The first-order chi connectivity index (χ1) is 13.5. The smallest absolute Gasteiger partial charge is 0.122 e. The first-order valence-electron chi connectivity index (χ1n) is 10.2. The molecule has 150 valence electrons. The third-order valence-electron chi connectivity index (χ3n) is 6.28. The first-order valence-corrected chi connectivity index (χ1v) is 10.6. The highest BCUT2D eigenvalue weighted by molar-refractivity contribution is 6.30. The van der Waals surface area contributed by atoms with Gasteiger partial charge >= 0.3 is 0 Å². The van der Waals surface area contributed by atoms with E-state index in [2.05, 4.69) is 17.0 Å². The predicted octanol–water partition coefficient (Wildman–Crippen LogP) is 4.21. The zero-order chi connectivity index (χ0) is 19.7. The molecule has 2 aliphatic heterocycles.